The Balaban J connectivity index is 1.66. The Morgan fingerprint density at radius 3 is 2.43 bits per heavy atom. The summed E-state index contributed by atoms with van der Waals surface area (Å²) in [5.41, 5.74) is 4.26. The quantitative estimate of drug-likeness (QED) is 0.294. The third-order valence-electron chi connectivity index (χ3n) is 5.61. The fourth-order valence-corrected chi connectivity index (χ4v) is 4.62. The highest BCUT2D eigenvalue weighted by Gasteiger charge is 2.21. The first-order valence-electron chi connectivity index (χ1n) is 11.1. The molecule has 10 heteroatoms. The molecule has 9 nitrogen and oxygen atoms in total. The van der Waals surface area contributed by atoms with Crippen LogP contribution in [0.1, 0.15) is 25.1 Å². The largest absolute Gasteiger partial charge is 0.496 e. The van der Waals surface area contributed by atoms with Gasteiger partial charge in [0.1, 0.15) is 11.4 Å². The second-order valence-electron chi connectivity index (χ2n) is 8.33. The van der Waals surface area contributed by atoms with Crippen molar-refractivity contribution in [1.82, 2.24) is 25.5 Å². The van der Waals surface area contributed by atoms with Crippen molar-refractivity contribution in [2.45, 2.75) is 37.5 Å². The molecule has 2 aromatic carbocycles. The van der Waals surface area contributed by atoms with Gasteiger partial charge in [-0.1, -0.05) is 18.2 Å². The number of ether oxygens (including phenoxy) is 1. The lowest BCUT2D eigenvalue weighted by Crippen LogP contribution is -2.10. The summed E-state index contributed by atoms with van der Waals surface area (Å²) in [4.78, 5) is 9.67. The summed E-state index contributed by atoms with van der Waals surface area (Å²) < 4.78 is 32.3. The van der Waals surface area contributed by atoms with Crippen LogP contribution in [0.3, 0.4) is 0 Å². The van der Waals surface area contributed by atoms with Crippen molar-refractivity contribution < 1.29 is 18.3 Å². The van der Waals surface area contributed by atoms with Crippen LogP contribution >= 0.6 is 10.6 Å². The van der Waals surface area contributed by atoms with Crippen molar-refractivity contribution in [3.05, 3.63) is 59.9 Å². The van der Waals surface area contributed by atoms with Crippen LogP contribution < -0.4 is 10.1 Å². The molecule has 0 atom stereocenters. The summed E-state index contributed by atoms with van der Waals surface area (Å²) in [7, 11) is 0.633. The fraction of sp³-hybridized carbons (Fsp3) is 0.280. The first kappa shape index (κ1) is 24.8. The van der Waals surface area contributed by atoms with Crippen LogP contribution in [0.5, 0.6) is 5.75 Å². The minimum atomic E-state index is -2.85. The van der Waals surface area contributed by atoms with E-state index in [0.717, 1.165) is 11.1 Å². The van der Waals surface area contributed by atoms with E-state index < -0.39 is 10.6 Å². The molecule has 0 spiro atoms. The number of benzene rings is 2. The number of nitrogens with one attached hydrogen (secondary N) is 1. The topological polar surface area (TPSA) is 126 Å². The zero-order valence-corrected chi connectivity index (χ0v) is 21.1. The van der Waals surface area contributed by atoms with Crippen LogP contribution in [-0.2, 0) is 6.54 Å². The molecule has 4 rings (SSSR count). The Morgan fingerprint density at radius 2 is 1.77 bits per heavy atom. The predicted octanol–water partition coefficient (Wildman–Crippen LogP) is 5.41. The Hall–Kier alpha value is -3.31. The molecule has 0 radical (unpaired) electrons. The number of aryl methyl sites for hydroxylation is 1. The van der Waals surface area contributed by atoms with Crippen molar-refractivity contribution in [1.29, 1.82) is 0 Å². The average Bonchev–Trinajstić information content (AvgIpc) is 3.34. The highest BCUT2D eigenvalue weighted by Crippen LogP contribution is 2.52. The summed E-state index contributed by atoms with van der Waals surface area (Å²) >= 11 is 0. The number of methoxy groups -OCH3 is 1. The lowest BCUT2D eigenvalue weighted by atomic mass is 10.1. The smallest absolute Gasteiger partial charge is 0.268 e. The molecule has 2 aromatic heterocycles. The summed E-state index contributed by atoms with van der Waals surface area (Å²) in [6, 6.07) is 12.8. The van der Waals surface area contributed by atoms with Gasteiger partial charge in [-0.05, 0) is 57.6 Å². The molecule has 0 aliphatic carbocycles. The molecule has 0 fully saturated rings. The summed E-state index contributed by atoms with van der Waals surface area (Å²) in [5.74, 6) is 1.21. The molecule has 4 aromatic rings. The third kappa shape index (κ3) is 5.06. The van der Waals surface area contributed by atoms with Crippen LogP contribution in [-0.4, -0.2) is 48.7 Å². The Labute approximate surface area is 206 Å². The molecule has 0 amide bonds. The summed E-state index contributed by atoms with van der Waals surface area (Å²) in [6.07, 6.45) is 1.66. The van der Waals surface area contributed by atoms with Gasteiger partial charge in [0.05, 0.1) is 35.2 Å². The van der Waals surface area contributed by atoms with Gasteiger partial charge < -0.3 is 14.5 Å². The zero-order valence-electron chi connectivity index (χ0n) is 20.3. The number of nitrogens with zero attached hydrogens (tertiary/aromatic N) is 4. The maximum absolute atomic E-state index is 10.4. The van der Waals surface area contributed by atoms with Crippen LogP contribution in [0, 0.1) is 6.92 Å². The highest BCUT2D eigenvalue weighted by molar-refractivity contribution is 8.24. The van der Waals surface area contributed by atoms with E-state index in [1.807, 2.05) is 32.2 Å². The maximum Gasteiger partial charge on any atom is 0.268 e. The summed E-state index contributed by atoms with van der Waals surface area (Å²) in [5, 5.41) is 11.3. The van der Waals surface area contributed by atoms with Gasteiger partial charge in [-0.15, -0.1) is 10.2 Å². The first-order chi connectivity index (χ1) is 16.7. The number of rotatable bonds is 8. The van der Waals surface area contributed by atoms with E-state index in [0.29, 0.717) is 45.7 Å². The fourth-order valence-electron chi connectivity index (χ4n) is 3.54. The molecule has 35 heavy (non-hydrogen) atoms. The van der Waals surface area contributed by atoms with Gasteiger partial charge in [-0.3, -0.25) is 14.1 Å². The molecular weight excluding hydrogens is 466 g/mol. The Kier molecular flexibility index (Phi) is 7.18. The first-order valence-corrected chi connectivity index (χ1v) is 12.7. The predicted molar refractivity (Wildman–Crippen MR) is 136 cm³/mol. The van der Waals surface area contributed by atoms with Gasteiger partial charge in [-0.2, -0.15) is 10.6 Å². The normalized spacial score (nSPS) is 12.2. The monoisotopic (exact) mass is 495 g/mol. The second-order valence-corrected chi connectivity index (χ2v) is 10.9. The molecule has 2 heterocycles. The second kappa shape index (κ2) is 10.1. The van der Waals surface area contributed by atoms with Crippen LogP contribution in [0.4, 0.5) is 0 Å². The van der Waals surface area contributed by atoms with Crippen molar-refractivity contribution in [3.63, 3.8) is 0 Å². The van der Waals surface area contributed by atoms with E-state index in [1.54, 1.807) is 51.4 Å². The standard InChI is InChI=1S/C25H29N5O4S/c1-15(2)35(31,32)19-9-7-18(8-10-19)21-14-27-16(3)23(28-21)25-30-29-24(34-25)20-11-6-17(13-26-4)12-22(20)33-5/h6-12,14-15,26,31-32H,13H2,1-5H3. The molecular formula is C25H29N5O4S. The Bertz CT molecular complexity index is 1320. The van der Waals surface area contributed by atoms with Gasteiger partial charge in [-0.25, -0.2) is 4.98 Å². The molecule has 0 aliphatic rings. The minimum Gasteiger partial charge on any atom is -0.496 e. The van der Waals surface area contributed by atoms with E-state index in [-0.39, 0.29) is 11.1 Å². The molecule has 0 saturated carbocycles. The number of hydrogen-bond acceptors (Lipinski definition) is 9. The minimum absolute atomic E-state index is 0.249. The molecule has 3 N–H and O–H groups in total. The lowest BCUT2D eigenvalue weighted by Gasteiger charge is -2.36. The molecule has 0 bridgehead atoms. The van der Waals surface area contributed by atoms with Crippen molar-refractivity contribution in [2.75, 3.05) is 14.2 Å². The molecule has 0 saturated heterocycles. The maximum atomic E-state index is 10.4. The van der Waals surface area contributed by atoms with Crippen molar-refractivity contribution >= 4 is 10.6 Å². The molecule has 0 aliphatic heterocycles. The van der Waals surface area contributed by atoms with E-state index in [9.17, 15) is 9.11 Å². The van der Waals surface area contributed by atoms with Gasteiger partial charge in [0.15, 0.2) is 0 Å². The SMILES string of the molecule is CNCc1ccc(-c2nnc(-c3nc(-c4ccc(S(O)(O)C(C)C)cc4)cnc3C)o2)c(OC)c1. The average molecular weight is 496 g/mol. The van der Waals surface area contributed by atoms with Crippen LogP contribution in [0.15, 0.2) is 58.0 Å². The van der Waals surface area contributed by atoms with E-state index >= 15 is 0 Å². The van der Waals surface area contributed by atoms with Gasteiger partial charge >= 0.3 is 0 Å². The lowest BCUT2D eigenvalue weighted by molar-refractivity contribution is 0.413. The number of hydrogen-bond donors (Lipinski definition) is 3. The van der Waals surface area contributed by atoms with Crippen molar-refractivity contribution in [3.8, 4) is 40.0 Å². The zero-order chi connectivity index (χ0) is 25.2. The van der Waals surface area contributed by atoms with Crippen LogP contribution in [0.2, 0.25) is 0 Å². The molecule has 0 unspecified atom stereocenters. The Morgan fingerprint density at radius 1 is 1.06 bits per heavy atom. The molecule has 184 valence electrons. The van der Waals surface area contributed by atoms with Crippen molar-refractivity contribution in [2.24, 2.45) is 0 Å². The van der Waals surface area contributed by atoms with E-state index in [2.05, 4.69) is 20.5 Å². The van der Waals surface area contributed by atoms with Gasteiger partial charge in [0, 0.05) is 17.4 Å². The van der Waals surface area contributed by atoms with Gasteiger partial charge in [0.2, 0.25) is 0 Å². The van der Waals surface area contributed by atoms with E-state index in [1.165, 1.54) is 0 Å². The van der Waals surface area contributed by atoms with Gasteiger partial charge in [0.25, 0.3) is 11.8 Å². The van der Waals surface area contributed by atoms with E-state index in [4.69, 9.17) is 14.1 Å². The highest BCUT2D eigenvalue weighted by atomic mass is 32.3. The van der Waals surface area contributed by atoms with Crippen LogP contribution in [0.25, 0.3) is 34.3 Å². The number of aromatic nitrogens is 4. The summed E-state index contributed by atoms with van der Waals surface area (Å²) in [6.45, 7) is 6.10. The third-order valence-corrected chi connectivity index (χ3v) is 7.90.